The Morgan fingerprint density at radius 2 is 2.00 bits per heavy atom. The quantitative estimate of drug-likeness (QED) is 0.679. The van der Waals surface area contributed by atoms with E-state index in [0.29, 0.717) is 6.54 Å². The summed E-state index contributed by atoms with van der Waals surface area (Å²) in [4.78, 5) is 25.0. The van der Waals surface area contributed by atoms with Crippen molar-refractivity contribution in [1.29, 1.82) is 0 Å². The lowest BCUT2D eigenvalue weighted by molar-refractivity contribution is -0.150. The molecule has 2 N–H and O–H groups in total. The molecule has 0 aromatic carbocycles. The number of hydrogen-bond acceptors (Lipinski definition) is 4. The van der Waals surface area contributed by atoms with Gasteiger partial charge >= 0.3 is 5.97 Å². The summed E-state index contributed by atoms with van der Waals surface area (Å²) in [5, 5.41) is 0. The van der Waals surface area contributed by atoms with Crippen molar-refractivity contribution in [3.8, 4) is 0 Å². The van der Waals surface area contributed by atoms with Gasteiger partial charge in [0.1, 0.15) is 6.54 Å². The van der Waals surface area contributed by atoms with E-state index in [-0.39, 0.29) is 18.5 Å². The van der Waals surface area contributed by atoms with Gasteiger partial charge in [0.25, 0.3) is 0 Å². The summed E-state index contributed by atoms with van der Waals surface area (Å²) in [7, 11) is 1.32. The summed E-state index contributed by atoms with van der Waals surface area (Å²) in [6, 6.07) is -0.0179. The van der Waals surface area contributed by atoms with Gasteiger partial charge in [0.2, 0.25) is 5.91 Å². The maximum absolute atomic E-state index is 12.2. The lowest BCUT2D eigenvalue weighted by atomic mass is 10.0. The highest BCUT2D eigenvalue weighted by molar-refractivity contribution is 5.88. The van der Waals surface area contributed by atoms with Crippen LogP contribution in [-0.4, -0.2) is 43.0 Å². The summed E-state index contributed by atoms with van der Waals surface area (Å²) in [5.74, 6) is -0.412. The Morgan fingerprint density at radius 1 is 1.44 bits per heavy atom. The van der Waals surface area contributed by atoms with E-state index in [9.17, 15) is 9.59 Å². The van der Waals surface area contributed by atoms with E-state index < -0.39 is 11.4 Å². The summed E-state index contributed by atoms with van der Waals surface area (Å²) >= 11 is 0. The van der Waals surface area contributed by atoms with Gasteiger partial charge in [-0.3, -0.25) is 9.59 Å². The minimum Gasteiger partial charge on any atom is -0.468 e. The Labute approximate surface area is 95.9 Å². The molecule has 0 unspecified atom stereocenters. The molecule has 5 heteroatoms. The number of amides is 1. The van der Waals surface area contributed by atoms with Crippen molar-refractivity contribution < 1.29 is 14.3 Å². The van der Waals surface area contributed by atoms with Crippen LogP contribution >= 0.6 is 0 Å². The van der Waals surface area contributed by atoms with Crippen molar-refractivity contribution in [1.82, 2.24) is 4.90 Å². The third-order valence-electron chi connectivity index (χ3n) is 3.11. The zero-order chi connectivity index (χ0) is 12.3. The average molecular weight is 228 g/mol. The first-order valence-corrected chi connectivity index (χ1v) is 5.55. The van der Waals surface area contributed by atoms with Crippen LogP contribution in [0.1, 0.15) is 26.7 Å². The van der Waals surface area contributed by atoms with Crippen LogP contribution in [0.5, 0.6) is 0 Å². The van der Waals surface area contributed by atoms with E-state index >= 15 is 0 Å². The molecule has 1 rings (SSSR count). The van der Waals surface area contributed by atoms with Crippen molar-refractivity contribution >= 4 is 11.9 Å². The molecule has 1 aliphatic rings. The fraction of sp³-hybridized carbons (Fsp3) is 0.818. The first-order chi connectivity index (χ1) is 7.46. The number of esters is 1. The Bertz CT molecular complexity index is 285. The van der Waals surface area contributed by atoms with Crippen LogP contribution in [0.3, 0.4) is 0 Å². The highest BCUT2D eigenvalue weighted by Gasteiger charge is 2.51. The van der Waals surface area contributed by atoms with E-state index in [4.69, 9.17) is 5.73 Å². The van der Waals surface area contributed by atoms with Crippen molar-refractivity contribution in [3.63, 3.8) is 0 Å². The maximum atomic E-state index is 12.2. The van der Waals surface area contributed by atoms with Gasteiger partial charge in [-0.25, -0.2) is 0 Å². The number of carbonyl (C=O) groups excluding carboxylic acids is 2. The molecular weight excluding hydrogens is 208 g/mol. The number of nitrogens with zero attached hydrogens (tertiary/aromatic N) is 1. The predicted molar refractivity (Wildman–Crippen MR) is 59.6 cm³/mol. The fourth-order valence-electron chi connectivity index (χ4n) is 1.65. The summed E-state index contributed by atoms with van der Waals surface area (Å²) in [6.45, 7) is 4.13. The third kappa shape index (κ3) is 2.52. The minimum absolute atomic E-state index is 0.00868. The molecule has 0 bridgehead atoms. The molecule has 1 fully saturated rings. The standard InChI is InChI=1S/C11H20N2O3/c1-8(2)13(6-9(14)16-3)10(15)11(7-12)4-5-11/h8H,4-7,12H2,1-3H3. The van der Waals surface area contributed by atoms with E-state index in [0.717, 1.165) is 12.8 Å². The zero-order valence-corrected chi connectivity index (χ0v) is 10.2. The molecule has 1 aliphatic carbocycles. The molecule has 1 saturated carbocycles. The molecule has 1 amide bonds. The monoisotopic (exact) mass is 228 g/mol. The highest BCUT2D eigenvalue weighted by atomic mass is 16.5. The molecule has 92 valence electrons. The molecule has 0 spiro atoms. The van der Waals surface area contributed by atoms with Crippen LogP contribution in [-0.2, 0) is 14.3 Å². The third-order valence-corrected chi connectivity index (χ3v) is 3.11. The molecule has 0 heterocycles. The van der Waals surface area contributed by atoms with Gasteiger partial charge in [-0.1, -0.05) is 0 Å². The number of methoxy groups -OCH3 is 1. The Morgan fingerprint density at radius 3 is 2.31 bits per heavy atom. The molecule has 16 heavy (non-hydrogen) atoms. The van der Waals surface area contributed by atoms with Crippen LogP contribution in [0, 0.1) is 5.41 Å². The highest BCUT2D eigenvalue weighted by Crippen LogP contribution is 2.46. The lowest BCUT2D eigenvalue weighted by Crippen LogP contribution is -2.46. The summed E-state index contributed by atoms with van der Waals surface area (Å²) in [5.41, 5.74) is 5.20. The largest absolute Gasteiger partial charge is 0.468 e. The molecule has 0 saturated heterocycles. The van der Waals surface area contributed by atoms with Crippen LogP contribution in [0.4, 0.5) is 0 Å². The summed E-state index contributed by atoms with van der Waals surface area (Å²) < 4.78 is 4.58. The molecule has 0 aromatic heterocycles. The van der Waals surface area contributed by atoms with Crippen molar-refractivity contribution in [2.24, 2.45) is 11.1 Å². The average Bonchev–Trinajstić information content (AvgIpc) is 3.05. The lowest BCUT2D eigenvalue weighted by Gasteiger charge is -2.29. The van der Waals surface area contributed by atoms with Gasteiger partial charge in [0.05, 0.1) is 12.5 Å². The number of hydrogen-bond donors (Lipinski definition) is 1. The van der Waals surface area contributed by atoms with Gasteiger partial charge < -0.3 is 15.4 Å². The Hall–Kier alpha value is -1.10. The molecule has 0 radical (unpaired) electrons. The zero-order valence-electron chi connectivity index (χ0n) is 10.2. The Kier molecular flexibility index (Phi) is 3.91. The van der Waals surface area contributed by atoms with E-state index in [2.05, 4.69) is 4.74 Å². The van der Waals surface area contributed by atoms with Crippen LogP contribution < -0.4 is 5.73 Å². The van der Waals surface area contributed by atoms with Gasteiger partial charge in [0, 0.05) is 12.6 Å². The van der Waals surface area contributed by atoms with Crippen LogP contribution in [0.25, 0.3) is 0 Å². The second-order valence-electron chi connectivity index (χ2n) is 4.59. The second kappa shape index (κ2) is 4.82. The van der Waals surface area contributed by atoms with Gasteiger partial charge in [-0.15, -0.1) is 0 Å². The van der Waals surface area contributed by atoms with Crippen molar-refractivity contribution in [2.75, 3.05) is 20.2 Å². The first kappa shape index (κ1) is 13.0. The summed E-state index contributed by atoms with van der Waals surface area (Å²) in [6.07, 6.45) is 1.65. The molecule has 0 aliphatic heterocycles. The second-order valence-corrected chi connectivity index (χ2v) is 4.59. The smallest absolute Gasteiger partial charge is 0.325 e. The van der Waals surface area contributed by atoms with Crippen molar-refractivity contribution in [2.45, 2.75) is 32.7 Å². The molecular formula is C11H20N2O3. The van der Waals surface area contributed by atoms with Gasteiger partial charge in [-0.2, -0.15) is 0 Å². The number of rotatable bonds is 5. The van der Waals surface area contributed by atoms with Gasteiger partial charge in [0.15, 0.2) is 0 Å². The first-order valence-electron chi connectivity index (χ1n) is 5.55. The van der Waals surface area contributed by atoms with Crippen LogP contribution in [0.15, 0.2) is 0 Å². The number of carbonyl (C=O) groups is 2. The maximum Gasteiger partial charge on any atom is 0.325 e. The number of nitrogens with two attached hydrogens (primary N) is 1. The predicted octanol–water partition coefficient (Wildman–Crippen LogP) is 0.135. The Balaban J connectivity index is 2.70. The van der Waals surface area contributed by atoms with Gasteiger partial charge in [-0.05, 0) is 26.7 Å². The fourth-order valence-corrected chi connectivity index (χ4v) is 1.65. The van der Waals surface area contributed by atoms with Crippen LogP contribution in [0.2, 0.25) is 0 Å². The molecule has 0 atom stereocenters. The molecule has 5 nitrogen and oxygen atoms in total. The normalized spacial score (nSPS) is 17.1. The topological polar surface area (TPSA) is 72.6 Å². The molecule has 0 aromatic rings. The van der Waals surface area contributed by atoms with Crippen molar-refractivity contribution in [3.05, 3.63) is 0 Å². The van der Waals surface area contributed by atoms with E-state index in [1.54, 1.807) is 4.90 Å². The number of ether oxygens (including phenoxy) is 1. The minimum atomic E-state index is -0.404. The van der Waals surface area contributed by atoms with E-state index in [1.165, 1.54) is 7.11 Å². The van der Waals surface area contributed by atoms with E-state index in [1.807, 2.05) is 13.8 Å². The SMILES string of the molecule is COC(=O)CN(C(=O)C1(CN)CC1)C(C)C.